The lowest BCUT2D eigenvalue weighted by Gasteiger charge is -2.28. The molecule has 2 unspecified atom stereocenters. The van der Waals surface area contributed by atoms with Gasteiger partial charge in [0.25, 0.3) is 20.2 Å². The lowest BCUT2D eigenvalue weighted by molar-refractivity contribution is -0.850. The van der Waals surface area contributed by atoms with Crippen LogP contribution < -0.4 is 20.9 Å². The van der Waals surface area contributed by atoms with Crippen LogP contribution in [0.15, 0.2) is 94.6 Å². The Balaban J connectivity index is 1.47. The first-order valence-corrected chi connectivity index (χ1v) is 25.8. The number of allylic oxidation sites excluding steroid dienone is 6. The summed E-state index contributed by atoms with van der Waals surface area (Å²) in [6.45, 7) is 11.7. The SMILES string of the molecule is CC1(C)C(=CC=C2CCCC(C=CC3[NH+](CCCCS(=O)(=O)O)c4ccccc4C3(C)C)=C2SCCC(=O)NCCCCCN)N(CCCCS(=O)(=O)O)c2ccccc21. The van der Waals surface area contributed by atoms with Crippen molar-refractivity contribution in [2.45, 2.75) is 115 Å². The van der Waals surface area contributed by atoms with Crippen molar-refractivity contribution in [3.63, 3.8) is 0 Å². The van der Waals surface area contributed by atoms with Gasteiger partial charge in [-0.05, 0) is 119 Å². The molecule has 2 heterocycles. The van der Waals surface area contributed by atoms with Crippen molar-refractivity contribution in [2.24, 2.45) is 5.73 Å². The van der Waals surface area contributed by atoms with E-state index in [1.807, 2.05) is 6.07 Å². The minimum absolute atomic E-state index is 0.0465. The van der Waals surface area contributed by atoms with Gasteiger partial charge in [0, 0.05) is 52.5 Å². The number of anilines is 1. The number of quaternary nitrogens is 1. The molecule has 14 heteroatoms. The third-order valence-electron chi connectivity index (χ3n) is 12.2. The van der Waals surface area contributed by atoms with Gasteiger partial charge in [-0.2, -0.15) is 16.8 Å². The maximum atomic E-state index is 12.9. The van der Waals surface area contributed by atoms with Gasteiger partial charge in [0.05, 0.1) is 23.5 Å². The van der Waals surface area contributed by atoms with Gasteiger partial charge in [-0.3, -0.25) is 18.8 Å². The molecule has 0 radical (unpaired) electrons. The highest BCUT2D eigenvalue weighted by atomic mass is 32.2. The van der Waals surface area contributed by atoms with E-state index in [-0.39, 0.29) is 34.3 Å². The van der Waals surface area contributed by atoms with Gasteiger partial charge in [0.2, 0.25) is 5.91 Å². The highest BCUT2D eigenvalue weighted by Crippen LogP contribution is 2.48. The third-order valence-corrected chi connectivity index (χ3v) is 15.1. The monoisotopic (exact) mass is 883 g/mol. The molecule has 1 aliphatic carbocycles. The number of amides is 1. The molecular formula is C46H67N4O7S3+. The molecule has 2 aliphatic heterocycles. The van der Waals surface area contributed by atoms with Crippen LogP contribution in [0, 0.1) is 0 Å². The topological polar surface area (TPSA) is 172 Å². The molecule has 5 rings (SSSR count). The van der Waals surface area contributed by atoms with Crippen LogP contribution in [0.5, 0.6) is 0 Å². The molecule has 2 atom stereocenters. The van der Waals surface area contributed by atoms with Crippen LogP contribution in [0.2, 0.25) is 0 Å². The lowest BCUT2D eigenvalue weighted by atomic mass is 9.80. The standard InChI is InChI=1S/C46H66N4O7S3/c1-45(2)37-19-6-8-21-39(37)49(30-12-14-33-59(52,53)54)41(45)25-23-35-17-16-18-36(44(35)58-32-27-43(51)48-29-11-5-10-28-47)24-26-42-46(3,4)38-20-7-9-22-40(38)50(42)31-13-15-34-60(55,56)57/h6-9,19-26,41H,5,10-18,27-34,47H2,1-4H3,(H,48,51)(H,52,53,54)(H,55,56,57)/p+1. The molecular weight excluding hydrogens is 817 g/mol. The lowest BCUT2D eigenvalue weighted by Crippen LogP contribution is -3.10. The number of unbranched alkanes of at least 4 members (excludes halogenated alkanes) is 4. The Bertz CT molecular complexity index is 2160. The summed E-state index contributed by atoms with van der Waals surface area (Å²) >= 11 is 1.74. The molecule has 2 aromatic rings. The normalized spacial score (nSPS) is 21.3. The van der Waals surface area contributed by atoms with E-state index in [1.165, 1.54) is 37.8 Å². The van der Waals surface area contributed by atoms with Crippen LogP contribution in [-0.4, -0.2) is 81.3 Å². The van der Waals surface area contributed by atoms with Crippen LogP contribution >= 0.6 is 11.8 Å². The number of nitrogens with one attached hydrogen (secondary N) is 2. The van der Waals surface area contributed by atoms with E-state index in [9.17, 15) is 30.7 Å². The first kappa shape index (κ1) is 47.8. The Hall–Kier alpha value is -3.24. The Morgan fingerprint density at radius 1 is 0.883 bits per heavy atom. The minimum atomic E-state index is -4.03. The molecule has 3 aliphatic rings. The molecule has 0 fully saturated rings. The van der Waals surface area contributed by atoms with Crippen molar-refractivity contribution >= 4 is 49.3 Å². The summed E-state index contributed by atoms with van der Waals surface area (Å²) in [5, 5.41) is 3.08. The Labute approximate surface area is 363 Å². The van der Waals surface area contributed by atoms with E-state index in [1.54, 1.807) is 11.8 Å². The van der Waals surface area contributed by atoms with Crippen LogP contribution in [-0.2, 0) is 35.9 Å². The number of nitrogens with zero attached hydrogens (tertiary/aromatic N) is 1. The summed E-state index contributed by atoms with van der Waals surface area (Å²) in [5.41, 5.74) is 13.6. The number of benzene rings is 2. The number of fused-ring (bicyclic) bond motifs is 2. The maximum absolute atomic E-state index is 12.9. The van der Waals surface area contributed by atoms with E-state index in [2.05, 4.69) is 105 Å². The van der Waals surface area contributed by atoms with Crippen LogP contribution in [0.1, 0.15) is 109 Å². The van der Waals surface area contributed by atoms with Crippen LogP contribution in [0.4, 0.5) is 11.4 Å². The Morgan fingerprint density at radius 3 is 2.28 bits per heavy atom. The second kappa shape index (κ2) is 21.2. The fourth-order valence-corrected chi connectivity index (χ4v) is 11.4. The second-order valence-corrected chi connectivity index (χ2v) is 21.7. The maximum Gasteiger partial charge on any atom is 0.264 e. The van der Waals surface area contributed by atoms with E-state index in [0.717, 1.165) is 56.5 Å². The zero-order valence-corrected chi connectivity index (χ0v) is 38.4. The molecule has 6 N–H and O–H groups in total. The molecule has 0 aromatic heterocycles. The third kappa shape index (κ3) is 12.7. The van der Waals surface area contributed by atoms with E-state index in [4.69, 9.17) is 5.73 Å². The Morgan fingerprint density at radius 2 is 1.57 bits per heavy atom. The zero-order valence-electron chi connectivity index (χ0n) is 35.9. The summed E-state index contributed by atoms with van der Waals surface area (Å²) in [5.74, 6) is 0.175. The summed E-state index contributed by atoms with van der Waals surface area (Å²) in [7, 11) is -8.05. The summed E-state index contributed by atoms with van der Waals surface area (Å²) in [6.07, 6.45) is 17.2. The van der Waals surface area contributed by atoms with Gasteiger partial charge < -0.3 is 16.0 Å². The van der Waals surface area contributed by atoms with Crippen LogP contribution in [0.25, 0.3) is 0 Å². The van der Waals surface area contributed by atoms with Gasteiger partial charge in [-0.25, -0.2) is 0 Å². The van der Waals surface area contributed by atoms with Gasteiger partial charge in [0.1, 0.15) is 11.7 Å². The summed E-state index contributed by atoms with van der Waals surface area (Å²) in [6, 6.07) is 16.9. The molecule has 11 nitrogen and oxygen atoms in total. The quantitative estimate of drug-likeness (QED) is 0.0604. The minimum Gasteiger partial charge on any atom is -0.356 e. The molecule has 60 heavy (non-hydrogen) atoms. The summed E-state index contributed by atoms with van der Waals surface area (Å²) < 4.78 is 64.7. The van der Waals surface area contributed by atoms with Crippen molar-refractivity contribution in [2.75, 3.05) is 48.3 Å². The predicted octanol–water partition coefficient (Wildman–Crippen LogP) is 7.17. The number of thioether (sulfide) groups is 1. The van der Waals surface area contributed by atoms with Crippen molar-refractivity contribution in [1.82, 2.24) is 5.32 Å². The number of carbonyl (C=O) groups excluding carboxylic acids is 1. The van der Waals surface area contributed by atoms with Crippen molar-refractivity contribution in [1.29, 1.82) is 0 Å². The van der Waals surface area contributed by atoms with Crippen molar-refractivity contribution in [3.8, 4) is 0 Å². The molecule has 0 bridgehead atoms. The highest BCUT2D eigenvalue weighted by molar-refractivity contribution is 8.03. The number of hydrogen-bond acceptors (Lipinski definition) is 8. The largest absolute Gasteiger partial charge is 0.356 e. The van der Waals surface area contributed by atoms with E-state index < -0.39 is 20.2 Å². The van der Waals surface area contributed by atoms with Crippen molar-refractivity contribution in [3.05, 3.63) is 106 Å². The second-order valence-electron chi connectivity index (χ2n) is 17.4. The van der Waals surface area contributed by atoms with Crippen LogP contribution in [0.3, 0.4) is 0 Å². The van der Waals surface area contributed by atoms with Gasteiger partial charge in [0.15, 0.2) is 0 Å². The number of hydrogen-bond donors (Lipinski definition) is 5. The predicted molar refractivity (Wildman–Crippen MR) is 246 cm³/mol. The van der Waals surface area contributed by atoms with Gasteiger partial charge >= 0.3 is 0 Å². The van der Waals surface area contributed by atoms with Crippen molar-refractivity contribution < 1.29 is 35.6 Å². The average molecular weight is 884 g/mol. The fraction of sp³-hybridized carbons (Fsp3) is 0.543. The van der Waals surface area contributed by atoms with E-state index in [0.29, 0.717) is 57.5 Å². The highest BCUT2D eigenvalue weighted by Gasteiger charge is 2.47. The van der Waals surface area contributed by atoms with E-state index >= 15 is 0 Å². The smallest absolute Gasteiger partial charge is 0.264 e. The van der Waals surface area contributed by atoms with Gasteiger partial charge in [-0.15, -0.1) is 11.8 Å². The number of nitrogens with two attached hydrogens (primary N) is 1. The molecule has 1 amide bonds. The fourth-order valence-electron chi connectivity index (χ4n) is 9.08. The average Bonchev–Trinajstić information content (AvgIpc) is 3.54. The molecule has 0 saturated heterocycles. The Kier molecular flexibility index (Phi) is 16.9. The molecule has 330 valence electrons. The molecule has 2 aromatic carbocycles. The number of carbonyl (C=O) groups is 1. The summed E-state index contributed by atoms with van der Waals surface area (Å²) in [4.78, 5) is 17.7. The first-order chi connectivity index (χ1) is 28.4. The number of para-hydroxylation sites is 2. The molecule has 0 saturated carbocycles. The zero-order chi connectivity index (χ0) is 43.6. The molecule has 0 spiro atoms. The number of rotatable bonds is 22. The first-order valence-electron chi connectivity index (χ1n) is 21.6. The van der Waals surface area contributed by atoms with Gasteiger partial charge in [-0.1, -0.05) is 68.8 Å².